The summed E-state index contributed by atoms with van der Waals surface area (Å²) in [5, 5.41) is 9.06. The van der Waals surface area contributed by atoms with Crippen molar-refractivity contribution < 1.29 is 29.0 Å². The fourth-order valence-corrected chi connectivity index (χ4v) is 2.99. The number of nitrogens with zero attached hydrogens (tertiary/aromatic N) is 2. The largest absolute Gasteiger partial charge is 0.466 e. The average molecular weight is 376 g/mol. The van der Waals surface area contributed by atoms with Gasteiger partial charge in [0.25, 0.3) is 11.8 Å². The molecule has 146 valence electrons. The Morgan fingerprint density at radius 3 is 2.26 bits per heavy atom. The summed E-state index contributed by atoms with van der Waals surface area (Å²) in [6.45, 7) is 3.60. The second-order valence-corrected chi connectivity index (χ2v) is 6.16. The fraction of sp³-hybridized carbons (Fsp3) is 0.474. The van der Waals surface area contributed by atoms with Crippen LogP contribution in [0.1, 0.15) is 47.4 Å². The maximum Gasteiger partial charge on any atom is 0.307 e. The van der Waals surface area contributed by atoms with E-state index in [4.69, 9.17) is 9.84 Å². The molecule has 1 atom stereocenters. The molecule has 1 unspecified atom stereocenters. The van der Waals surface area contributed by atoms with Crippen LogP contribution in [0.4, 0.5) is 0 Å². The Morgan fingerprint density at radius 2 is 1.74 bits per heavy atom. The molecule has 0 aromatic heterocycles. The summed E-state index contributed by atoms with van der Waals surface area (Å²) in [6, 6.07) is 5.41. The van der Waals surface area contributed by atoms with Crippen molar-refractivity contribution in [1.82, 2.24) is 9.80 Å². The minimum atomic E-state index is -1.02. The molecule has 0 radical (unpaired) electrons. The minimum absolute atomic E-state index is 0.000152. The number of benzene rings is 1. The van der Waals surface area contributed by atoms with Gasteiger partial charge in [-0.05, 0) is 32.4 Å². The van der Waals surface area contributed by atoms with Gasteiger partial charge in [0.15, 0.2) is 0 Å². The van der Waals surface area contributed by atoms with Crippen molar-refractivity contribution in [2.75, 3.05) is 26.3 Å². The van der Waals surface area contributed by atoms with Crippen LogP contribution < -0.4 is 0 Å². The predicted octanol–water partition coefficient (Wildman–Crippen LogP) is 0.835. The first-order valence-electron chi connectivity index (χ1n) is 8.94. The van der Waals surface area contributed by atoms with E-state index in [9.17, 15) is 19.2 Å². The SMILES string of the molecule is CCOC(=O)CCN(CCCO)C(=O)C(C)N1C(=O)c2ccccc2C1=O. The molecule has 0 saturated heterocycles. The Balaban J connectivity index is 2.13. The summed E-state index contributed by atoms with van der Waals surface area (Å²) < 4.78 is 4.87. The Hall–Kier alpha value is -2.74. The summed E-state index contributed by atoms with van der Waals surface area (Å²) in [4.78, 5) is 51.9. The lowest BCUT2D eigenvalue weighted by atomic mass is 10.1. The van der Waals surface area contributed by atoms with Crippen LogP contribution in [0.25, 0.3) is 0 Å². The van der Waals surface area contributed by atoms with E-state index >= 15 is 0 Å². The number of rotatable bonds is 9. The molecule has 2 rings (SSSR count). The van der Waals surface area contributed by atoms with E-state index < -0.39 is 29.7 Å². The number of hydrogen-bond acceptors (Lipinski definition) is 6. The molecule has 8 heteroatoms. The van der Waals surface area contributed by atoms with E-state index in [1.165, 1.54) is 11.8 Å². The molecule has 1 heterocycles. The van der Waals surface area contributed by atoms with Gasteiger partial charge in [0.2, 0.25) is 5.91 Å². The lowest BCUT2D eigenvalue weighted by Crippen LogP contribution is -2.50. The first kappa shape index (κ1) is 20.6. The number of ether oxygens (including phenoxy) is 1. The van der Waals surface area contributed by atoms with Crippen LogP contribution in [0.2, 0.25) is 0 Å². The summed E-state index contributed by atoms with van der Waals surface area (Å²) in [7, 11) is 0. The highest BCUT2D eigenvalue weighted by Gasteiger charge is 2.41. The number of imide groups is 1. The molecule has 0 saturated carbocycles. The summed E-state index contributed by atoms with van der Waals surface area (Å²) in [5.41, 5.74) is 0.547. The first-order chi connectivity index (χ1) is 12.9. The summed E-state index contributed by atoms with van der Waals surface area (Å²) in [6.07, 6.45) is 0.323. The second kappa shape index (κ2) is 9.27. The fourth-order valence-electron chi connectivity index (χ4n) is 2.99. The molecular formula is C19H24N2O6. The molecule has 1 aromatic carbocycles. The van der Waals surface area contributed by atoms with Gasteiger partial charge in [-0.1, -0.05) is 12.1 Å². The average Bonchev–Trinajstić information content (AvgIpc) is 2.92. The van der Waals surface area contributed by atoms with Gasteiger partial charge in [-0.25, -0.2) is 0 Å². The monoisotopic (exact) mass is 376 g/mol. The van der Waals surface area contributed by atoms with Crippen LogP contribution in [-0.2, 0) is 14.3 Å². The normalized spacial score (nSPS) is 14.1. The molecule has 27 heavy (non-hydrogen) atoms. The molecular weight excluding hydrogens is 352 g/mol. The topological polar surface area (TPSA) is 104 Å². The molecule has 8 nitrogen and oxygen atoms in total. The molecule has 0 fully saturated rings. The van der Waals surface area contributed by atoms with Crippen molar-refractivity contribution in [3.63, 3.8) is 0 Å². The third kappa shape index (κ3) is 4.51. The number of amides is 3. The van der Waals surface area contributed by atoms with E-state index in [1.54, 1.807) is 31.2 Å². The van der Waals surface area contributed by atoms with Crippen molar-refractivity contribution in [3.05, 3.63) is 35.4 Å². The Kier molecular flexibility index (Phi) is 7.06. The smallest absolute Gasteiger partial charge is 0.307 e. The van der Waals surface area contributed by atoms with Crippen molar-refractivity contribution in [2.24, 2.45) is 0 Å². The number of carbonyl (C=O) groups excluding carboxylic acids is 4. The molecule has 0 bridgehead atoms. The predicted molar refractivity (Wildman–Crippen MR) is 95.9 cm³/mol. The van der Waals surface area contributed by atoms with Gasteiger partial charge in [-0.3, -0.25) is 24.1 Å². The number of hydrogen-bond donors (Lipinski definition) is 1. The molecule has 1 N–H and O–H groups in total. The Bertz CT molecular complexity index is 698. The van der Waals surface area contributed by atoms with Crippen LogP contribution in [0.3, 0.4) is 0 Å². The summed E-state index contributed by atoms with van der Waals surface area (Å²) in [5.74, 6) is -1.91. The van der Waals surface area contributed by atoms with Gasteiger partial charge in [0.05, 0.1) is 24.2 Å². The maximum absolute atomic E-state index is 12.9. The lowest BCUT2D eigenvalue weighted by molar-refractivity contribution is -0.144. The quantitative estimate of drug-likeness (QED) is 0.506. The number of esters is 1. The second-order valence-electron chi connectivity index (χ2n) is 6.16. The zero-order valence-electron chi connectivity index (χ0n) is 15.5. The van der Waals surface area contributed by atoms with Crippen LogP contribution in [0.15, 0.2) is 24.3 Å². The highest BCUT2D eigenvalue weighted by Crippen LogP contribution is 2.25. The standard InChI is InChI=1S/C19H24N2O6/c1-3-27-16(23)9-11-20(10-6-12-22)17(24)13(2)21-18(25)14-7-4-5-8-15(14)19(21)26/h4-5,7-8,13,22H,3,6,9-12H2,1-2H3. The van der Waals surface area contributed by atoms with Gasteiger partial charge in [0, 0.05) is 19.7 Å². The highest BCUT2D eigenvalue weighted by atomic mass is 16.5. The Morgan fingerprint density at radius 1 is 1.15 bits per heavy atom. The summed E-state index contributed by atoms with van der Waals surface area (Å²) >= 11 is 0. The number of aliphatic hydroxyl groups is 1. The van der Waals surface area contributed by atoms with Crippen LogP contribution in [0.5, 0.6) is 0 Å². The van der Waals surface area contributed by atoms with Gasteiger partial charge in [-0.15, -0.1) is 0 Å². The molecule has 1 aliphatic rings. The van der Waals surface area contributed by atoms with Crippen LogP contribution >= 0.6 is 0 Å². The minimum Gasteiger partial charge on any atom is -0.466 e. The number of carbonyl (C=O) groups is 4. The van der Waals surface area contributed by atoms with Gasteiger partial charge in [0.1, 0.15) is 6.04 Å². The Labute approximate surface area is 157 Å². The molecule has 0 aliphatic carbocycles. The van der Waals surface area contributed by atoms with E-state index in [2.05, 4.69) is 0 Å². The van der Waals surface area contributed by atoms with E-state index in [0.29, 0.717) is 6.42 Å². The third-order valence-electron chi connectivity index (χ3n) is 4.36. The van der Waals surface area contributed by atoms with E-state index in [1.807, 2.05) is 0 Å². The van der Waals surface area contributed by atoms with Crippen molar-refractivity contribution in [1.29, 1.82) is 0 Å². The maximum atomic E-state index is 12.9. The first-order valence-corrected chi connectivity index (χ1v) is 8.94. The third-order valence-corrected chi connectivity index (χ3v) is 4.36. The van der Waals surface area contributed by atoms with Crippen molar-refractivity contribution >= 4 is 23.7 Å². The van der Waals surface area contributed by atoms with Crippen LogP contribution in [0, 0.1) is 0 Å². The molecule has 0 spiro atoms. The zero-order chi connectivity index (χ0) is 20.0. The van der Waals surface area contributed by atoms with Gasteiger partial charge >= 0.3 is 5.97 Å². The molecule has 3 amide bonds. The number of aliphatic hydroxyl groups excluding tert-OH is 1. The van der Waals surface area contributed by atoms with Gasteiger partial charge in [-0.2, -0.15) is 0 Å². The molecule has 1 aliphatic heterocycles. The van der Waals surface area contributed by atoms with Gasteiger partial charge < -0.3 is 14.7 Å². The highest BCUT2D eigenvalue weighted by molar-refractivity contribution is 6.22. The van der Waals surface area contributed by atoms with Crippen LogP contribution in [-0.4, -0.2) is 70.9 Å². The lowest BCUT2D eigenvalue weighted by Gasteiger charge is -2.29. The number of fused-ring (bicyclic) bond motifs is 1. The zero-order valence-corrected chi connectivity index (χ0v) is 15.5. The van der Waals surface area contributed by atoms with Crippen molar-refractivity contribution in [3.8, 4) is 0 Å². The van der Waals surface area contributed by atoms with E-state index in [-0.39, 0.29) is 43.9 Å². The van der Waals surface area contributed by atoms with E-state index in [0.717, 1.165) is 4.90 Å². The molecule has 1 aromatic rings. The van der Waals surface area contributed by atoms with Crippen molar-refractivity contribution in [2.45, 2.75) is 32.7 Å².